The summed E-state index contributed by atoms with van der Waals surface area (Å²) in [5.41, 5.74) is 2.30. The molecule has 1 heterocycles. The first-order valence-electron chi connectivity index (χ1n) is 6.41. The molecule has 0 bridgehead atoms. The van der Waals surface area contributed by atoms with Gasteiger partial charge < -0.3 is 0 Å². The normalized spacial score (nSPS) is 22.2. The Labute approximate surface area is 113 Å². The van der Waals surface area contributed by atoms with Gasteiger partial charge in [0.15, 0.2) is 6.19 Å². The highest BCUT2D eigenvalue weighted by molar-refractivity contribution is 5.26. The maximum Gasteiger partial charge on any atom is 0.181 e. The van der Waals surface area contributed by atoms with Crippen LogP contribution in [-0.2, 0) is 0 Å². The summed E-state index contributed by atoms with van der Waals surface area (Å²) in [6, 6.07) is 20.4. The van der Waals surface area contributed by atoms with Gasteiger partial charge in [-0.1, -0.05) is 60.7 Å². The lowest BCUT2D eigenvalue weighted by molar-refractivity contribution is 0.292. The summed E-state index contributed by atoms with van der Waals surface area (Å²) in [7, 11) is 0. The van der Waals surface area contributed by atoms with Crippen LogP contribution in [0, 0.1) is 11.5 Å². The van der Waals surface area contributed by atoms with Crippen molar-refractivity contribution in [3.63, 3.8) is 0 Å². The molecule has 1 fully saturated rings. The molecular weight excluding hydrogens is 234 g/mol. The van der Waals surface area contributed by atoms with Crippen molar-refractivity contribution in [2.24, 2.45) is 0 Å². The van der Waals surface area contributed by atoms with Gasteiger partial charge in [-0.15, -0.1) is 0 Å². The number of benzene rings is 2. The van der Waals surface area contributed by atoms with E-state index in [0.29, 0.717) is 0 Å². The molecule has 2 aromatic carbocycles. The molecule has 94 valence electrons. The fourth-order valence-electron chi connectivity index (χ4n) is 2.59. The van der Waals surface area contributed by atoms with E-state index in [9.17, 15) is 5.26 Å². The molecule has 1 aliphatic rings. The number of nitrogens with zero attached hydrogens (tertiary/aromatic N) is 2. The van der Waals surface area contributed by atoms with Crippen molar-refractivity contribution in [3.8, 4) is 6.19 Å². The molecule has 2 atom stereocenters. The van der Waals surface area contributed by atoms with Crippen LogP contribution in [0.1, 0.15) is 23.3 Å². The Hall–Kier alpha value is -2.31. The summed E-state index contributed by atoms with van der Waals surface area (Å²) in [4.78, 5) is 1.84. The van der Waals surface area contributed by atoms with Crippen molar-refractivity contribution >= 4 is 0 Å². The van der Waals surface area contributed by atoms with Gasteiger partial charge in [0.25, 0.3) is 0 Å². The third-order valence-corrected chi connectivity index (χ3v) is 3.53. The molecule has 19 heavy (non-hydrogen) atoms. The van der Waals surface area contributed by atoms with E-state index in [1.807, 2.05) is 41.3 Å². The van der Waals surface area contributed by atoms with Gasteiger partial charge in [0.05, 0.1) is 6.04 Å². The highest BCUT2D eigenvalue weighted by atomic mass is 15.3. The number of rotatable bonds is 2. The topological polar surface area (TPSA) is 39.1 Å². The molecular formula is C16H15N3. The van der Waals surface area contributed by atoms with Crippen molar-refractivity contribution in [2.45, 2.75) is 12.2 Å². The Morgan fingerprint density at radius 2 is 1.53 bits per heavy atom. The van der Waals surface area contributed by atoms with Crippen LogP contribution in [0.4, 0.5) is 0 Å². The second-order valence-corrected chi connectivity index (χ2v) is 4.66. The van der Waals surface area contributed by atoms with E-state index < -0.39 is 0 Å². The van der Waals surface area contributed by atoms with Crippen LogP contribution in [-0.4, -0.2) is 11.4 Å². The molecule has 0 aliphatic carbocycles. The van der Waals surface area contributed by atoms with Gasteiger partial charge >= 0.3 is 0 Å². The Bertz CT molecular complexity index is 526. The maximum absolute atomic E-state index is 9.47. The molecule has 2 unspecified atom stereocenters. The molecule has 0 spiro atoms. The molecule has 0 amide bonds. The summed E-state index contributed by atoms with van der Waals surface area (Å²) in [6.45, 7) is 0.789. The number of hydrogen-bond acceptors (Lipinski definition) is 3. The summed E-state index contributed by atoms with van der Waals surface area (Å²) < 4.78 is 0. The monoisotopic (exact) mass is 249 g/mol. The summed E-state index contributed by atoms with van der Waals surface area (Å²) in [6.07, 6.45) is 2.30. The van der Waals surface area contributed by atoms with E-state index in [2.05, 4.69) is 35.8 Å². The molecule has 3 heteroatoms. The molecule has 1 N–H and O–H groups in total. The standard InChI is InChI=1S/C16H15N3/c17-12-19-15(13-7-3-1-4-8-13)11-18-16(19)14-9-5-2-6-10-14/h1-10,15-16,18H,11H2. The first-order chi connectivity index (χ1) is 9.40. The average molecular weight is 249 g/mol. The van der Waals surface area contributed by atoms with Crippen LogP contribution >= 0.6 is 0 Å². The Morgan fingerprint density at radius 1 is 0.947 bits per heavy atom. The van der Waals surface area contributed by atoms with Crippen LogP contribution in [0.2, 0.25) is 0 Å². The van der Waals surface area contributed by atoms with Crippen LogP contribution < -0.4 is 5.32 Å². The molecule has 2 aromatic rings. The van der Waals surface area contributed by atoms with Gasteiger partial charge in [-0.05, 0) is 11.1 Å². The van der Waals surface area contributed by atoms with Gasteiger partial charge in [0.1, 0.15) is 6.17 Å². The number of nitrogens with one attached hydrogen (secondary N) is 1. The predicted molar refractivity (Wildman–Crippen MR) is 73.8 cm³/mol. The number of nitriles is 1. The predicted octanol–water partition coefficient (Wildman–Crippen LogP) is 2.81. The molecule has 1 aliphatic heterocycles. The van der Waals surface area contributed by atoms with E-state index in [0.717, 1.165) is 12.1 Å². The zero-order valence-corrected chi connectivity index (χ0v) is 10.5. The highest BCUT2D eigenvalue weighted by Crippen LogP contribution is 2.33. The van der Waals surface area contributed by atoms with E-state index in [1.165, 1.54) is 5.56 Å². The minimum absolute atomic E-state index is 0.0311. The Kier molecular flexibility index (Phi) is 3.18. The van der Waals surface area contributed by atoms with Gasteiger partial charge in [-0.2, -0.15) is 5.26 Å². The second kappa shape index (κ2) is 5.13. The molecule has 1 saturated heterocycles. The van der Waals surface area contributed by atoms with Crippen LogP contribution in [0.5, 0.6) is 0 Å². The third-order valence-electron chi connectivity index (χ3n) is 3.53. The summed E-state index contributed by atoms with van der Waals surface area (Å²) >= 11 is 0. The lowest BCUT2D eigenvalue weighted by Crippen LogP contribution is -2.24. The van der Waals surface area contributed by atoms with Crippen molar-refractivity contribution < 1.29 is 0 Å². The van der Waals surface area contributed by atoms with Crippen molar-refractivity contribution in [1.29, 1.82) is 5.26 Å². The van der Waals surface area contributed by atoms with E-state index in [-0.39, 0.29) is 12.2 Å². The smallest absolute Gasteiger partial charge is 0.181 e. The quantitative estimate of drug-likeness (QED) is 0.832. The van der Waals surface area contributed by atoms with Crippen molar-refractivity contribution in [1.82, 2.24) is 10.2 Å². The van der Waals surface area contributed by atoms with E-state index in [4.69, 9.17) is 0 Å². The van der Waals surface area contributed by atoms with E-state index >= 15 is 0 Å². The number of hydrogen-bond donors (Lipinski definition) is 1. The molecule has 0 aromatic heterocycles. The third kappa shape index (κ3) is 2.18. The first kappa shape index (κ1) is 11.8. The van der Waals surface area contributed by atoms with Gasteiger partial charge in [-0.25, -0.2) is 0 Å². The lowest BCUT2D eigenvalue weighted by Gasteiger charge is -2.24. The zero-order chi connectivity index (χ0) is 13.1. The largest absolute Gasteiger partial charge is 0.290 e. The summed E-state index contributed by atoms with van der Waals surface area (Å²) in [5, 5.41) is 12.9. The minimum Gasteiger partial charge on any atom is -0.290 e. The Balaban J connectivity index is 1.90. The lowest BCUT2D eigenvalue weighted by atomic mass is 10.1. The zero-order valence-electron chi connectivity index (χ0n) is 10.5. The van der Waals surface area contributed by atoms with Gasteiger partial charge in [0.2, 0.25) is 0 Å². The summed E-state index contributed by atoms with van der Waals surface area (Å²) in [5.74, 6) is 0. The minimum atomic E-state index is -0.0311. The maximum atomic E-state index is 9.47. The average Bonchev–Trinajstić information content (AvgIpc) is 2.93. The van der Waals surface area contributed by atoms with Crippen molar-refractivity contribution in [2.75, 3.05) is 6.54 Å². The molecule has 3 nitrogen and oxygen atoms in total. The highest BCUT2D eigenvalue weighted by Gasteiger charge is 2.33. The van der Waals surface area contributed by atoms with E-state index in [1.54, 1.807) is 0 Å². The fraction of sp³-hybridized carbons (Fsp3) is 0.188. The second-order valence-electron chi connectivity index (χ2n) is 4.66. The van der Waals surface area contributed by atoms with Crippen molar-refractivity contribution in [3.05, 3.63) is 71.8 Å². The van der Waals surface area contributed by atoms with Crippen LogP contribution in [0.25, 0.3) is 0 Å². The van der Waals surface area contributed by atoms with Crippen LogP contribution in [0.3, 0.4) is 0 Å². The molecule has 3 rings (SSSR count). The molecule has 0 saturated carbocycles. The Morgan fingerprint density at radius 3 is 2.11 bits per heavy atom. The van der Waals surface area contributed by atoms with Gasteiger partial charge in [-0.3, -0.25) is 10.2 Å². The molecule has 0 radical (unpaired) electrons. The van der Waals surface area contributed by atoms with Crippen LogP contribution in [0.15, 0.2) is 60.7 Å². The first-order valence-corrected chi connectivity index (χ1v) is 6.41. The van der Waals surface area contributed by atoms with Gasteiger partial charge in [0, 0.05) is 6.54 Å². The fourth-order valence-corrected chi connectivity index (χ4v) is 2.59. The SMILES string of the molecule is N#CN1C(c2ccccc2)CNC1c1ccccc1.